The van der Waals surface area contributed by atoms with Crippen LogP contribution >= 0.6 is 0 Å². The Balaban J connectivity index is 1.19. The number of rotatable bonds is 10. The zero-order chi connectivity index (χ0) is 30.3. The highest BCUT2D eigenvalue weighted by molar-refractivity contribution is 5.87. The van der Waals surface area contributed by atoms with Crippen molar-refractivity contribution in [3.05, 3.63) is 36.0 Å². The summed E-state index contributed by atoms with van der Waals surface area (Å²) in [5.74, 6) is -0.330. The van der Waals surface area contributed by atoms with Crippen molar-refractivity contribution < 1.29 is 33.3 Å². The van der Waals surface area contributed by atoms with Gasteiger partial charge in [-0.05, 0) is 45.6 Å². The zero-order valence-corrected chi connectivity index (χ0v) is 25.4. The lowest BCUT2D eigenvalue weighted by Crippen LogP contribution is -2.50. The fourth-order valence-corrected chi connectivity index (χ4v) is 5.92. The molecule has 0 unspecified atom stereocenters. The number of nitrogens with one attached hydrogen (secondary N) is 2. The van der Waals surface area contributed by atoms with Crippen LogP contribution in [0.15, 0.2) is 36.0 Å². The number of ether oxygens (including phenoxy) is 4. The fraction of sp³-hybridized carbons (Fsp3) is 0.710. The summed E-state index contributed by atoms with van der Waals surface area (Å²) < 4.78 is 23.5. The molecule has 4 fully saturated rings. The highest BCUT2D eigenvalue weighted by Crippen LogP contribution is 2.43. The molecule has 3 amide bonds. The van der Waals surface area contributed by atoms with Crippen LogP contribution < -0.4 is 16.4 Å². The first kappa shape index (κ1) is 32.2. The van der Waals surface area contributed by atoms with Gasteiger partial charge in [-0.1, -0.05) is 30.7 Å². The third-order valence-electron chi connectivity index (χ3n) is 8.49. The monoisotopic (exact) mass is 588 g/mol. The minimum absolute atomic E-state index is 0.0467. The van der Waals surface area contributed by atoms with Crippen molar-refractivity contribution in [2.24, 2.45) is 11.7 Å². The molecule has 0 aromatic carbocycles. The van der Waals surface area contributed by atoms with Crippen LogP contribution in [0, 0.1) is 5.92 Å². The van der Waals surface area contributed by atoms with Crippen LogP contribution in [0.2, 0.25) is 0 Å². The van der Waals surface area contributed by atoms with E-state index in [1.165, 1.54) is 6.08 Å². The molecule has 0 radical (unpaired) electrons. The molecule has 11 heteroatoms. The van der Waals surface area contributed by atoms with Crippen LogP contribution in [-0.4, -0.2) is 97.8 Å². The SMILES string of the molecule is CC(/C=C/[C@@H]1C[C@@]2(CO2)C[C@@H](CC(N)=O)O1)=C\C[C@@H]1O[C@H](C)[C@H](NC(=O)/C=C\[C@H](C)OC(=O)N2CCNCC2)C[C@@H]1C. The number of epoxide rings is 1. The Labute approximate surface area is 249 Å². The molecule has 234 valence electrons. The Bertz CT molecular complexity index is 1050. The minimum atomic E-state index is -0.505. The molecular formula is C31H48N4O7. The summed E-state index contributed by atoms with van der Waals surface area (Å²) in [5, 5.41) is 6.25. The zero-order valence-electron chi connectivity index (χ0n) is 25.4. The molecule has 11 nitrogen and oxygen atoms in total. The number of allylic oxidation sites excluding steroid dienone is 2. The first-order valence-electron chi connectivity index (χ1n) is 15.2. The molecule has 4 heterocycles. The predicted molar refractivity (Wildman–Crippen MR) is 157 cm³/mol. The molecule has 4 N–H and O–H groups in total. The number of nitrogens with zero attached hydrogens (tertiary/aromatic N) is 1. The average molecular weight is 589 g/mol. The Morgan fingerprint density at radius 3 is 2.60 bits per heavy atom. The molecule has 4 aliphatic heterocycles. The minimum Gasteiger partial charge on any atom is -0.442 e. The van der Waals surface area contributed by atoms with Gasteiger partial charge < -0.3 is 40.2 Å². The number of amides is 3. The van der Waals surface area contributed by atoms with Gasteiger partial charge in [0.1, 0.15) is 6.10 Å². The number of nitrogens with two attached hydrogens (primary N) is 1. The van der Waals surface area contributed by atoms with Crippen LogP contribution in [0.3, 0.4) is 0 Å². The predicted octanol–water partition coefficient (Wildman–Crippen LogP) is 2.36. The van der Waals surface area contributed by atoms with Gasteiger partial charge in [0.2, 0.25) is 11.8 Å². The van der Waals surface area contributed by atoms with Gasteiger partial charge >= 0.3 is 6.09 Å². The van der Waals surface area contributed by atoms with Gasteiger partial charge in [0.15, 0.2) is 0 Å². The summed E-state index contributed by atoms with van der Waals surface area (Å²) in [4.78, 5) is 37.9. The number of hydrogen-bond donors (Lipinski definition) is 3. The summed E-state index contributed by atoms with van der Waals surface area (Å²) in [5.41, 5.74) is 6.33. The second-order valence-corrected chi connectivity index (χ2v) is 12.3. The standard InChI is InChI=1S/C31H48N4O7/c1-20(5-8-24-17-31(19-39-31)18-25(42-24)16-28(32)36)6-9-27-21(2)15-26(23(4)41-27)34-29(37)10-7-22(3)40-30(38)35-13-11-33-12-14-35/h5-8,10,21-27,33H,9,11-19H2,1-4H3,(H2,32,36)(H,34,37)/b8-5+,10-7-,20-6+/t21-,22-,23+,24+,25+,26+,27-,31-/m0/s1. The number of carbonyl (C=O) groups excluding carboxylic acids is 3. The Morgan fingerprint density at radius 1 is 1.17 bits per heavy atom. The normalized spacial score (nSPS) is 34.5. The maximum atomic E-state index is 12.6. The Hall–Kier alpha value is -2.73. The highest BCUT2D eigenvalue weighted by atomic mass is 16.6. The second kappa shape index (κ2) is 14.6. The molecule has 1 spiro atoms. The van der Waals surface area contributed by atoms with Crippen molar-refractivity contribution in [2.45, 2.75) is 102 Å². The molecule has 0 aromatic heterocycles. The van der Waals surface area contributed by atoms with E-state index in [1.54, 1.807) is 17.9 Å². The van der Waals surface area contributed by atoms with Gasteiger partial charge in [-0.2, -0.15) is 0 Å². The molecular weight excluding hydrogens is 540 g/mol. The van der Waals surface area contributed by atoms with Crippen LogP contribution in [-0.2, 0) is 28.5 Å². The van der Waals surface area contributed by atoms with Crippen molar-refractivity contribution >= 4 is 17.9 Å². The second-order valence-electron chi connectivity index (χ2n) is 12.3. The Morgan fingerprint density at radius 2 is 1.90 bits per heavy atom. The topological polar surface area (TPSA) is 145 Å². The smallest absolute Gasteiger partial charge is 0.410 e. The summed E-state index contributed by atoms with van der Waals surface area (Å²) in [6.07, 6.45) is 11.3. The third kappa shape index (κ3) is 9.65. The van der Waals surface area contributed by atoms with E-state index in [2.05, 4.69) is 36.6 Å². The first-order valence-corrected chi connectivity index (χ1v) is 15.2. The van der Waals surface area contributed by atoms with Crippen molar-refractivity contribution in [2.75, 3.05) is 32.8 Å². The van der Waals surface area contributed by atoms with E-state index in [4.69, 9.17) is 24.7 Å². The number of carbonyl (C=O) groups is 3. The van der Waals surface area contributed by atoms with Gasteiger partial charge in [0.05, 0.1) is 49.1 Å². The van der Waals surface area contributed by atoms with Crippen molar-refractivity contribution in [1.29, 1.82) is 0 Å². The first-order chi connectivity index (χ1) is 20.0. The molecule has 4 rings (SSSR count). The molecule has 0 bridgehead atoms. The average Bonchev–Trinajstić information content (AvgIpc) is 3.69. The van der Waals surface area contributed by atoms with Crippen LogP contribution in [0.1, 0.15) is 59.8 Å². The van der Waals surface area contributed by atoms with Crippen LogP contribution in [0.25, 0.3) is 0 Å². The highest BCUT2D eigenvalue weighted by Gasteiger charge is 2.51. The van der Waals surface area contributed by atoms with Gasteiger partial charge in [0.25, 0.3) is 0 Å². The lowest BCUT2D eigenvalue weighted by Gasteiger charge is -2.39. The fourth-order valence-electron chi connectivity index (χ4n) is 5.92. The van der Waals surface area contributed by atoms with Crippen LogP contribution in [0.5, 0.6) is 0 Å². The molecule has 0 aliphatic carbocycles. The van der Waals surface area contributed by atoms with E-state index in [-0.39, 0.29) is 66.3 Å². The lowest BCUT2D eigenvalue weighted by molar-refractivity contribution is -0.125. The van der Waals surface area contributed by atoms with Crippen molar-refractivity contribution in [3.63, 3.8) is 0 Å². The lowest BCUT2D eigenvalue weighted by atomic mass is 9.88. The maximum absolute atomic E-state index is 12.6. The van der Waals surface area contributed by atoms with E-state index >= 15 is 0 Å². The van der Waals surface area contributed by atoms with Gasteiger partial charge in [-0.15, -0.1) is 0 Å². The largest absolute Gasteiger partial charge is 0.442 e. The quantitative estimate of drug-likeness (QED) is 0.200. The summed E-state index contributed by atoms with van der Waals surface area (Å²) in [6, 6.07) is -0.106. The van der Waals surface area contributed by atoms with Gasteiger partial charge in [-0.25, -0.2) is 4.79 Å². The molecule has 4 aliphatic rings. The summed E-state index contributed by atoms with van der Waals surface area (Å²) in [6.45, 7) is 11.4. The number of primary amides is 1. The van der Waals surface area contributed by atoms with E-state index < -0.39 is 6.10 Å². The Kier molecular flexibility index (Phi) is 11.2. The van der Waals surface area contributed by atoms with E-state index in [0.29, 0.717) is 26.1 Å². The van der Waals surface area contributed by atoms with Crippen molar-refractivity contribution in [1.82, 2.24) is 15.5 Å². The van der Waals surface area contributed by atoms with Crippen molar-refractivity contribution in [3.8, 4) is 0 Å². The third-order valence-corrected chi connectivity index (χ3v) is 8.49. The van der Waals surface area contributed by atoms with E-state index in [9.17, 15) is 14.4 Å². The van der Waals surface area contributed by atoms with E-state index in [0.717, 1.165) is 37.9 Å². The summed E-state index contributed by atoms with van der Waals surface area (Å²) in [7, 11) is 0. The number of piperazine rings is 1. The molecule has 42 heavy (non-hydrogen) atoms. The molecule has 8 atom stereocenters. The molecule has 4 saturated heterocycles. The molecule has 0 aromatic rings. The summed E-state index contributed by atoms with van der Waals surface area (Å²) >= 11 is 0. The maximum Gasteiger partial charge on any atom is 0.410 e. The van der Waals surface area contributed by atoms with Gasteiger partial charge in [0, 0.05) is 45.1 Å². The van der Waals surface area contributed by atoms with E-state index in [1.807, 2.05) is 13.0 Å². The van der Waals surface area contributed by atoms with Gasteiger partial charge in [-0.3, -0.25) is 9.59 Å². The molecule has 0 saturated carbocycles. The van der Waals surface area contributed by atoms with Crippen LogP contribution in [0.4, 0.5) is 4.79 Å². The number of hydrogen-bond acceptors (Lipinski definition) is 8.